The maximum absolute atomic E-state index is 13.1. The van der Waals surface area contributed by atoms with Crippen molar-refractivity contribution >= 4 is 16.3 Å². The van der Waals surface area contributed by atoms with Crippen LogP contribution in [0.4, 0.5) is 13.2 Å². The molecule has 0 aliphatic heterocycles. The van der Waals surface area contributed by atoms with Gasteiger partial charge >= 0.3 is 6.18 Å². The Morgan fingerprint density at radius 1 is 1.06 bits per heavy atom. The molecule has 0 aliphatic rings. The van der Waals surface area contributed by atoms with Crippen LogP contribution in [0, 0.1) is 0 Å². The minimum atomic E-state index is -4.44. The Labute approximate surface area is 177 Å². The molecular formula is C20H14F3N7S. The molecule has 4 aromatic heterocycles. The van der Waals surface area contributed by atoms with Crippen molar-refractivity contribution in [3.8, 4) is 27.8 Å². The number of nitrogens with zero attached hydrogens (tertiary/aromatic N) is 7. The van der Waals surface area contributed by atoms with Gasteiger partial charge in [-0.3, -0.25) is 0 Å². The summed E-state index contributed by atoms with van der Waals surface area (Å²) in [5.74, 6) is 0.942. The van der Waals surface area contributed by atoms with Gasteiger partial charge in [-0.25, -0.2) is 9.67 Å². The first-order valence-corrected chi connectivity index (χ1v) is 10.2. The van der Waals surface area contributed by atoms with Gasteiger partial charge in [-0.1, -0.05) is 36.5 Å². The number of halogens is 3. The van der Waals surface area contributed by atoms with Gasteiger partial charge in [0.1, 0.15) is 0 Å². The van der Waals surface area contributed by atoms with Crippen LogP contribution in [0.5, 0.6) is 0 Å². The van der Waals surface area contributed by atoms with E-state index >= 15 is 0 Å². The average Bonchev–Trinajstić information content (AvgIpc) is 3.47. The molecule has 0 amide bonds. The summed E-state index contributed by atoms with van der Waals surface area (Å²) in [6, 6.07) is 10.5. The van der Waals surface area contributed by atoms with Gasteiger partial charge in [0.05, 0.1) is 23.0 Å². The number of rotatable bonds is 4. The zero-order valence-corrected chi connectivity index (χ0v) is 16.9. The fraction of sp³-hybridized carbons (Fsp3) is 0.150. The first-order valence-electron chi connectivity index (χ1n) is 9.34. The molecule has 31 heavy (non-hydrogen) atoms. The van der Waals surface area contributed by atoms with E-state index in [4.69, 9.17) is 0 Å². The highest BCUT2D eigenvalue weighted by molar-refractivity contribution is 7.19. The number of pyridine rings is 1. The van der Waals surface area contributed by atoms with Gasteiger partial charge < -0.3 is 0 Å². The van der Waals surface area contributed by atoms with Gasteiger partial charge in [-0.15, -0.1) is 10.2 Å². The van der Waals surface area contributed by atoms with Crippen molar-refractivity contribution in [3.05, 3.63) is 66.1 Å². The second-order valence-corrected chi connectivity index (χ2v) is 7.62. The van der Waals surface area contributed by atoms with E-state index in [-0.39, 0.29) is 5.82 Å². The van der Waals surface area contributed by atoms with E-state index in [1.54, 1.807) is 23.1 Å². The Hall–Kier alpha value is -3.60. The zero-order chi connectivity index (χ0) is 21.6. The number of alkyl halides is 3. The van der Waals surface area contributed by atoms with E-state index in [1.807, 2.05) is 25.1 Å². The highest BCUT2D eigenvalue weighted by Crippen LogP contribution is 2.34. The van der Waals surface area contributed by atoms with E-state index in [2.05, 4.69) is 25.4 Å². The van der Waals surface area contributed by atoms with E-state index < -0.39 is 11.7 Å². The highest BCUT2D eigenvalue weighted by atomic mass is 32.1. The van der Waals surface area contributed by atoms with E-state index in [1.165, 1.54) is 21.9 Å². The molecule has 11 heteroatoms. The lowest BCUT2D eigenvalue weighted by atomic mass is 10.1. The first-order chi connectivity index (χ1) is 15.0. The Morgan fingerprint density at radius 3 is 2.68 bits per heavy atom. The lowest BCUT2D eigenvalue weighted by Gasteiger charge is -2.07. The minimum absolute atomic E-state index is 0.249. The number of hydrogen-bond donors (Lipinski definition) is 0. The second kappa shape index (κ2) is 7.27. The third kappa shape index (κ3) is 3.36. The third-order valence-electron chi connectivity index (χ3n) is 4.74. The summed E-state index contributed by atoms with van der Waals surface area (Å²) < 4.78 is 42.5. The molecule has 5 aromatic rings. The SMILES string of the molecule is CCc1c(-c2nn3c(-c4cccc(C(F)(F)F)c4)nnc3s2)cnn1-c1ccccn1. The van der Waals surface area contributed by atoms with Crippen LogP contribution in [0.15, 0.2) is 54.9 Å². The second-order valence-electron chi connectivity index (χ2n) is 6.66. The molecule has 5 rings (SSSR count). The molecule has 7 nitrogen and oxygen atoms in total. The fourth-order valence-corrected chi connectivity index (χ4v) is 4.18. The smallest absolute Gasteiger partial charge is 0.237 e. The molecular weight excluding hydrogens is 427 g/mol. The van der Waals surface area contributed by atoms with Crippen molar-refractivity contribution in [1.82, 2.24) is 34.6 Å². The summed E-state index contributed by atoms with van der Waals surface area (Å²) in [5.41, 5.74) is 1.28. The summed E-state index contributed by atoms with van der Waals surface area (Å²) in [4.78, 5) is 4.82. The number of hydrogen-bond acceptors (Lipinski definition) is 6. The predicted molar refractivity (Wildman–Crippen MR) is 109 cm³/mol. The normalized spacial score (nSPS) is 12.0. The number of aromatic nitrogens is 7. The van der Waals surface area contributed by atoms with Gasteiger partial charge in [0.25, 0.3) is 0 Å². The van der Waals surface area contributed by atoms with Crippen LogP contribution in [-0.2, 0) is 12.6 Å². The van der Waals surface area contributed by atoms with Crippen LogP contribution in [0.2, 0.25) is 0 Å². The average molecular weight is 441 g/mol. The molecule has 0 unspecified atom stereocenters. The molecule has 0 atom stereocenters. The molecule has 0 bridgehead atoms. The minimum Gasteiger partial charge on any atom is -0.237 e. The zero-order valence-electron chi connectivity index (χ0n) is 16.1. The fourth-order valence-electron chi connectivity index (χ4n) is 3.31. The summed E-state index contributed by atoms with van der Waals surface area (Å²) in [7, 11) is 0. The van der Waals surface area contributed by atoms with Crippen LogP contribution in [0.3, 0.4) is 0 Å². The van der Waals surface area contributed by atoms with Crippen LogP contribution < -0.4 is 0 Å². The van der Waals surface area contributed by atoms with E-state index in [9.17, 15) is 13.2 Å². The summed E-state index contributed by atoms with van der Waals surface area (Å²) in [6.07, 6.45) is -0.348. The maximum Gasteiger partial charge on any atom is 0.416 e. The van der Waals surface area contributed by atoms with Gasteiger partial charge in [-0.05, 0) is 30.7 Å². The van der Waals surface area contributed by atoms with Crippen LogP contribution in [0.1, 0.15) is 18.2 Å². The summed E-state index contributed by atoms with van der Waals surface area (Å²) in [5, 5.41) is 17.8. The van der Waals surface area contributed by atoms with Gasteiger partial charge in [0, 0.05) is 11.8 Å². The van der Waals surface area contributed by atoms with Gasteiger partial charge in [-0.2, -0.15) is 27.9 Å². The van der Waals surface area contributed by atoms with Gasteiger partial charge in [0.2, 0.25) is 4.96 Å². The Morgan fingerprint density at radius 2 is 1.94 bits per heavy atom. The van der Waals surface area contributed by atoms with Crippen molar-refractivity contribution in [2.75, 3.05) is 0 Å². The largest absolute Gasteiger partial charge is 0.416 e. The molecule has 0 saturated carbocycles. The molecule has 0 fully saturated rings. The van der Waals surface area contributed by atoms with Crippen molar-refractivity contribution in [1.29, 1.82) is 0 Å². The van der Waals surface area contributed by atoms with E-state index in [0.29, 0.717) is 27.8 Å². The van der Waals surface area contributed by atoms with Gasteiger partial charge in [0.15, 0.2) is 16.6 Å². The highest BCUT2D eigenvalue weighted by Gasteiger charge is 2.31. The molecule has 156 valence electrons. The van der Waals surface area contributed by atoms with Crippen molar-refractivity contribution < 1.29 is 13.2 Å². The first kappa shape index (κ1) is 19.4. The lowest BCUT2D eigenvalue weighted by molar-refractivity contribution is -0.137. The molecule has 0 aliphatic carbocycles. The topological polar surface area (TPSA) is 73.8 Å². The maximum atomic E-state index is 13.1. The molecule has 0 radical (unpaired) electrons. The molecule has 1 aromatic carbocycles. The summed E-state index contributed by atoms with van der Waals surface area (Å²) >= 11 is 1.30. The van der Waals surface area contributed by atoms with Crippen LogP contribution in [-0.4, -0.2) is 34.6 Å². The van der Waals surface area contributed by atoms with Crippen molar-refractivity contribution in [2.45, 2.75) is 19.5 Å². The Balaban J connectivity index is 1.59. The molecule has 0 spiro atoms. The Bertz CT molecular complexity index is 1370. The van der Waals surface area contributed by atoms with Crippen LogP contribution in [0.25, 0.3) is 32.7 Å². The molecule has 0 N–H and O–H groups in total. The monoisotopic (exact) mass is 441 g/mol. The third-order valence-corrected chi connectivity index (χ3v) is 5.67. The predicted octanol–water partition coefficient (Wildman–Crippen LogP) is 4.68. The molecule has 0 saturated heterocycles. The standard InChI is InChI=1S/C20H14F3N7S/c1-2-15-14(11-25-29(15)16-8-3-4-9-24-16)18-28-30-17(26-27-19(30)31-18)12-6-5-7-13(10-12)20(21,22)23/h3-11H,2H2,1H3. The van der Waals surface area contributed by atoms with Crippen molar-refractivity contribution in [3.63, 3.8) is 0 Å². The number of fused-ring (bicyclic) bond motifs is 1. The molecule has 4 heterocycles. The number of benzene rings is 1. The summed E-state index contributed by atoms with van der Waals surface area (Å²) in [6.45, 7) is 2.01. The Kier molecular flexibility index (Phi) is 4.54. The van der Waals surface area contributed by atoms with E-state index in [0.717, 1.165) is 23.4 Å². The lowest BCUT2D eigenvalue weighted by Crippen LogP contribution is -2.05. The van der Waals surface area contributed by atoms with Crippen LogP contribution >= 0.6 is 11.3 Å². The van der Waals surface area contributed by atoms with Crippen molar-refractivity contribution in [2.24, 2.45) is 0 Å². The quantitative estimate of drug-likeness (QED) is 0.405.